The zero-order chi connectivity index (χ0) is 31.2. The fourth-order valence-electron chi connectivity index (χ4n) is 5.22. The molecule has 3 rings (SSSR count). The van der Waals surface area contributed by atoms with Crippen LogP contribution in [0.4, 0.5) is 8.78 Å². The number of benzene rings is 1. The smallest absolute Gasteiger partial charge is 0.135 e. The van der Waals surface area contributed by atoms with Gasteiger partial charge in [0.05, 0.1) is 11.4 Å². The van der Waals surface area contributed by atoms with Crippen LogP contribution in [0.25, 0.3) is 22.5 Å². The summed E-state index contributed by atoms with van der Waals surface area (Å²) < 4.78 is 29.6. The average molecular weight is 597 g/mol. The van der Waals surface area contributed by atoms with Gasteiger partial charge in [0.15, 0.2) is 0 Å². The number of nitrogens with zero attached hydrogens (tertiary/aromatic N) is 2. The van der Waals surface area contributed by atoms with Gasteiger partial charge in [0, 0.05) is 53.6 Å². The molecule has 0 saturated carbocycles. The van der Waals surface area contributed by atoms with Crippen LogP contribution in [0.5, 0.6) is 0 Å². The maximum absolute atomic E-state index is 14.8. The lowest BCUT2D eigenvalue weighted by atomic mass is 10.0. The number of rotatable bonds is 18. The predicted octanol–water partition coefficient (Wildman–Crippen LogP) is 11.9. The van der Waals surface area contributed by atoms with Crippen LogP contribution >= 0.6 is 0 Å². The topological polar surface area (TPSA) is 25.8 Å². The van der Waals surface area contributed by atoms with Crippen LogP contribution in [0.2, 0.25) is 0 Å². The van der Waals surface area contributed by atoms with Gasteiger partial charge in [0.2, 0.25) is 0 Å². The predicted molar refractivity (Wildman–Crippen MR) is 181 cm³/mol. The Morgan fingerprint density at radius 2 is 0.886 bits per heavy atom. The summed E-state index contributed by atoms with van der Waals surface area (Å²) >= 11 is 0. The van der Waals surface area contributed by atoms with Crippen LogP contribution in [0, 0.1) is 35.3 Å². The molecule has 234 valence electrons. The molecule has 0 aliphatic heterocycles. The first-order valence-corrected chi connectivity index (χ1v) is 17.0. The van der Waals surface area contributed by atoms with E-state index in [2.05, 4.69) is 47.5 Å². The minimum Gasteiger partial charge on any atom is -0.255 e. The molecule has 2 nitrogen and oxygen atoms in total. The first-order valence-electron chi connectivity index (χ1n) is 17.0. The van der Waals surface area contributed by atoms with Crippen LogP contribution in [0.3, 0.4) is 0 Å². The number of hydrogen-bond donors (Lipinski definition) is 0. The minimum absolute atomic E-state index is 0.232. The Hall–Kier alpha value is -3.50. The first kappa shape index (κ1) is 35.0. The third-order valence-corrected chi connectivity index (χ3v) is 7.91. The Labute approximate surface area is 265 Å². The molecular weight excluding hydrogens is 546 g/mol. The highest BCUT2D eigenvalue weighted by Gasteiger charge is 2.15. The van der Waals surface area contributed by atoms with Gasteiger partial charge < -0.3 is 0 Å². The van der Waals surface area contributed by atoms with Crippen LogP contribution in [-0.2, 0) is 0 Å². The molecular formula is C40H50F2N2. The maximum Gasteiger partial charge on any atom is 0.135 e. The van der Waals surface area contributed by atoms with E-state index in [0.29, 0.717) is 11.4 Å². The van der Waals surface area contributed by atoms with Gasteiger partial charge in [-0.25, -0.2) is 8.78 Å². The summed E-state index contributed by atoms with van der Waals surface area (Å²) in [6.45, 7) is 4.48. The summed E-state index contributed by atoms with van der Waals surface area (Å²) in [6.07, 6.45) is 25.5. The monoisotopic (exact) mass is 596 g/mol. The van der Waals surface area contributed by atoms with E-state index in [9.17, 15) is 8.78 Å². The van der Waals surface area contributed by atoms with Crippen LogP contribution in [0.15, 0.2) is 48.8 Å². The van der Waals surface area contributed by atoms with Crippen molar-refractivity contribution in [3.8, 4) is 46.2 Å². The number of aromatic nitrogens is 2. The highest BCUT2D eigenvalue weighted by Crippen LogP contribution is 2.30. The van der Waals surface area contributed by atoms with Gasteiger partial charge in [-0.1, -0.05) is 127 Å². The van der Waals surface area contributed by atoms with E-state index in [1.807, 2.05) is 12.1 Å². The standard InChI is InChI=1S/C40H50F2N2/c1-3-5-7-9-11-13-15-17-19-21-23-33-25-27-39(43-31-33)35-29-36(38(42)30-37(35)41)40-28-26-34(32-44-40)24-22-20-18-16-14-12-10-8-6-4-2/h25-32H,3-20H2,1-2H3. The van der Waals surface area contributed by atoms with Crippen LogP contribution in [0.1, 0.15) is 141 Å². The summed E-state index contributed by atoms with van der Waals surface area (Å²) in [5.74, 6) is 11.5. The summed E-state index contributed by atoms with van der Waals surface area (Å²) in [7, 11) is 0. The molecule has 0 radical (unpaired) electrons. The van der Waals surface area contributed by atoms with Crippen LogP contribution in [-0.4, -0.2) is 9.97 Å². The third kappa shape index (κ3) is 13.0. The third-order valence-electron chi connectivity index (χ3n) is 7.91. The summed E-state index contributed by atoms with van der Waals surface area (Å²) in [5.41, 5.74) is 2.90. The van der Waals surface area contributed by atoms with Gasteiger partial charge in [-0.15, -0.1) is 0 Å². The van der Waals surface area contributed by atoms with Crippen molar-refractivity contribution in [3.63, 3.8) is 0 Å². The van der Waals surface area contributed by atoms with E-state index < -0.39 is 11.6 Å². The molecule has 0 fully saturated rings. The molecule has 0 aliphatic rings. The minimum atomic E-state index is -0.657. The highest BCUT2D eigenvalue weighted by atomic mass is 19.1. The van der Waals surface area contributed by atoms with E-state index in [1.54, 1.807) is 24.5 Å². The largest absolute Gasteiger partial charge is 0.255 e. The summed E-state index contributed by atoms with van der Waals surface area (Å²) in [5, 5.41) is 0. The van der Waals surface area contributed by atoms with E-state index in [1.165, 1.54) is 96.0 Å². The maximum atomic E-state index is 14.8. The quantitative estimate of drug-likeness (QED) is 0.108. The Balaban J connectivity index is 1.51. The van der Waals surface area contributed by atoms with Gasteiger partial charge in [-0.05, 0) is 43.2 Å². The zero-order valence-corrected chi connectivity index (χ0v) is 27.0. The molecule has 1 aromatic carbocycles. The molecule has 4 heteroatoms. The van der Waals surface area contributed by atoms with Gasteiger partial charge in [-0.3, -0.25) is 9.97 Å². The van der Waals surface area contributed by atoms with Gasteiger partial charge >= 0.3 is 0 Å². The SMILES string of the molecule is CCCCCCCCCCC#Cc1ccc(-c2cc(-c3ccc(C#CCCCCCCCCCC)cn3)c(F)cc2F)nc1. The van der Waals surface area contributed by atoms with Crippen molar-refractivity contribution in [1.29, 1.82) is 0 Å². The molecule has 2 heterocycles. The Kier molecular flexibility index (Phi) is 16.9. The molecule has 0 bridgehead atoms. The van der Waals surface area contributed by atoms with Crippen molar-refractivity contribution in [3.05, 3.63) is 71.6 Å². The van der Waals surface area contributed by atoms with E-state index in [4.69, 9.17) is 0 Å². The highest BCUT2D eigenvalue weighted by molar-refractivity contribution is 5.71. The summed E-state index contributed by atoms with van der Waals surface area (Å²) in [6, 6.07) is 9.54. The number of halogens is 2. The Bertz CT molecular complexity index is 1250. The van der Waals surface area contributed by atoms with Crippen molar-refractivity contribution in [1.82, 2.24) is 9.97 Å². The molecule has 0 N–H and O–H groups in total. The van der Waals surface area contributed by atoms with Crippen LogP contribution < -0.4 is 0 Å². The normalized spacial score (nSPS) is 10.6. The lowest BCUT2D eigenvalue weighted by molar-refractivity contribution is 0.579. The Morgan fingerprint density at radius 3 is 1.25 bits per heavy atom. The van der Waals surface area contributed by atoms with E-state index in [0.717, 1.165) is 42.9 Å². The second-order valence-electron chi connectivity index (χ2n) is 11.7. The number of unbranched alkanes of at least 4 members (excludes halogenated alkanes) is 16. The van der Waals surface area contributed by atoms with E-state index in [-0.39, 0.29) is 11.1 Å². The molecule has 3 aromatic rings. The number of hydrogen-bond acceptors (Lipinski definition) is 2. The fraction of sp³-hybridized carbons (Fsp3) is 0.500. The first-order chi connectivity index (χ1) is 21.6. The fourth-order valence-corrected chi connectivity index (χ4v) is 5.22. The van der Waals surface area contributed by atoms with Crippen molar-refractivity contribution in [2.45, 2.75) is 129 Å². The lowest BCUT2D eigenvalue weighted by Gasteiger charge is -2.08. The molecule has 0 amide bonds. The second kappa shape index (κ2) is 21.2. The lowest BCUT2D eigenvalue weighted by Crippen LogP contribution is -1.95. The average Bonchev–Trinajstić information content (AvgIpc) is 3.04. The summed E-state index contributed by atoms with van der Waals surface area (Å²) in [4.78, 5) is 8.85. The van der Waals surface area contributed by atoms with Gasteiger partial charge in [0.1, 0.15) is 11.6 Å². The molecule has 44 heavy (non-hydrogen) atoms. The molecule has 0 atom stereocenters. The molecule has 0 aliphatic carbocycles. The van der Waals surface area contributed by atoms with Gasteiger partial charge in [0.25, 0.3) is 0 Å². The molecule has 0 unspecified atom stereocenters. The second-order valence-corrected chi connectivity index (χ2v) is 11.7. The molecule has 0 spiro atoms. The van der Waals surface area contributed by atoms with Crippen molar-refractivity contribution < 1.29 is 8.78 Å². The van der Waals surface area contributed by atoms with E-state index >= 15 is 0 Å². The Morgan fingerprint density at radius 1 is 0.500 bits per heavy atom. The van der Waals surface area contributed by atoms with Crippen molar-refractivity contribution >= 4 is 0 Å². The zero-order valence-electron chi connectivity index (χ0n) is 27.0. The number of pyridine rings is 2. The molecule has 0 saturated heterocycles. The van der Waals surface area contributed by atoms with Gasteiger partial charge in [-0.2, -0.15) is 0 Å². The molecule has 2 aromatic heterocycles. The van der Waals surface area contributed by atoms with Crippen molar-refractivity contribution in [2.24, 2.45) is 0 Å². The van der Waals surface area contributed by atoms with Crippen molar-refractivity contribution in [2.75, 3.05) is 0 Å².